The van der Waals surface area contributed by atoms with Gasteiger partial charge in [-0.05, 0) is 54.3 Å². The second-order valence-corrected chi connectivity index (χ2v) is 11.8. The normalized spacial score (nSPS) is 14.6. The van der Waals surface area contributed by atoms with Gasteiger partial charge in [-0.15, -0.1) is 5.10 Å². The molecular formula is C37H29N5O3S. The van der Waals surface area contributed by atoms with Crippen molar-refractivity contribution in [3.05, 3.63) is 157 Å². The average molecular weight is 624 g/mol. The molecule has 8 nitrogen and oxygen atoms in total. The maximum Gasteiger partial charge on any atom is 0.338 e. The van der Waals surface area contributed by atoms with Crippen LogP contribution in [0.25, 0.3) is 34.1 Å². The first-order valence-corrected chi connectivity index (χ1v) is 15.7. The van der Waals surface area contributed by atoms with Gasteiger partial charge in [0.1, 0.15) is 5.69 Å². The van der Waals surface area contributed by atoms with Crippen molar-refractivity contribution in [1.82, 2.24) is 19.6 Å². The number of hydrogen-bond acceptors (Lipinski definition) is 7. The van der Waals surface area contributed by atoms with E-state index in [1.807, 2.05) is 97.2 Å². The van der Waals surface area contributed by atoms with Gasteiger partial charge in [0.25, 0.3) is 5.56 Å². The number of carbonyl (C=O) groups is 1. The van der Waals surface area contributed by atoms with Gasteiger partial charge in [-0.1, -0.05) is 114 Å². The minimum Gasteiger partial charge on any atom is -0.463 e. The molecule has 7 rings (SSSR count). The second kappa shape index (κ2) is 12.4. The first-order valence-electron chi connectivity index (χ1n) is 14.9. The number of thiazole rings is 1. The van der Waals surface area contributed by atoms with E-state index in [1.54, 1.807) is 23.1 Å². The number of hydrogen-bond donors (Lipinski definition) is 0. The lowest BCUT2D eigenvalue weighted by Crippen LogP contribution is -2.39. The summed E-state index contributed by atoms with van der Waals surface area (Å²) in [6.07, 6.45) is 3.74. The quantitative estimate of drug-likeness (QED) is 0.213. The minimum absolute atomic E-state index is 0.223. The van der Waals surface area contributed by atoms with Gasteiger partial charge in [0.05, 0.1) is 40.3 Å². The topological polar surface area (TPSA) is 91.4 Å². The summed E-state index contributed by atoms with van der Waals surface area (Å²) in [4.78, 5) is 32.2. The highest BCUT2D eigenvalue weighted by Crippen LogP contribution is 2.30. The van der Waals surface area contributed by atoms with Crippen LogP contribution in [0.15, 0.2) is 136 Å². The van der Waals surface area contributed by atoms with Gasteiger partial charge in [0, 0.05) is 5.56 Å². The Morgan fingerprint density at radius 1 is 0.891 bits per heavy atom. The number of carbonyl (C=O) groups excluding carboxylic acids is 1. The average Bonchev–Trinajstić information content (AvgIpc) is 3.70. The Bertz CT molecular complexity index is 2270. The Balaban J connectivity index is 1.22. The van der Waals surface area contributed by atoms with E-state index in [0.717, 1.165) is 39.2 Å². The van der Waals surface area contributed by atoms with Gasteiger partial charge >= 0.3 is 5.97 Å². The van der Waals surface area contributed by atoms with E-state index in [4.69, 9.17) is 4.74 Å². The molecule has 46 heavy (non-hydrogen) atoms. The summed E-state index contributed by atoms with van der Waals surface area (Å²) in [6, 6.07) is 35.1. The van der Waals surface area contributed by atoms with Gasteiger partial charge in [0.2, 0.25) is 0 Å². The van der Waals surface area contributed by atoms with Crippen molar-refractivity contribution in [2.24, 2.45) is 4.99 Å². The third-order valence-electron chi connectivity index (χ3n) is 7.85. The van der Waals surface area contributed by atoms with Crippen LogP contribution in [-0.2, 0) is 9.53 Å². The highest BCUT2D eigenvalue weighted by atomic mass is 32.1. The van der Waals surface area contributed by atoms with E-state index >= 15 is 0 Å². The zero-order valence-electron chi connectivity index (χ0n) is 25.2. The molecule has 0 spiro atoms. The van der Waals surface area contributed by atoms with E-state index < -0.39 is 12.0 Å². The molecule has 0 radical (unpaired) electrons. The fraction of sp³-hybridized carbons (Fsp3) is 0.108. The van der Waals surface area contributed by atoms with Crippen LogP contribution in [0.1, 0.15) is 31.0 Å². The van der Waals surface area contributed by atoms with Gasteiger partial charge in [-0.25, -0.2) is 14.5 Å². The third-order valence-corrected chi connectivity index (χ3v) is 8.83. The van der Waals surface area contributed by atoms with Crippen molar-refractivity contribution >= 4 is 23.4 Å². The van der Waals surface area contributed by atoms with E-state index in [1.165, 1.54) is 11.3 Å². The zero-order chi connectivity index (χ0) is 31.6. The monoisotopic (exact) mass is 623 g/mol. The predicted molar refractivity (Wildman–Crippen MR) is 179 cm³/mol. The molecule has 0 amide bonds. The summed E-state index contributed by atoms with van der Waals surface area (Å²) in [7, 11) is 0. The first-order chi connectivity index (χ1) is 22.5. The maximum atomic E-state index is 13.9. The molecule has 1 aliphatic rings. The second-order valence-electron chi connectivity index (χ2n) is 10.8. The molecular weight excluding hydrogens is 595 g/mol. The van der Waals surface area contributed by atoms with Gasteiger partial charge < -0.3 is 4.74 Å². The summed E-state index contributed by atoms with van der Waals surface area (Å²) in [5.74, 6) is -0.473. The fourth-order valence-corrected chi connectivity index (χ4v) is 6.68. The SMILES string of the molecule is CCOC(=O)C1=C(C)N=c2s/c(=C\c3cccc(-n4cc(-c5ccc(-c6ccccc6)cc5)nn4)c3)c(=O)n2C1c1ccccc1. The predicted octanol–water partition coefficient (Wildman–Crippen LogP) is 5.71. The summed E-state index contributed by atoms with van der Waals surface area (Å²) >= 11 is 1.30. The number of esters is 1. The molecule has 0 saturated carbocycles. The molecule has 1 unspecified atom stereocenters. The zero-order valence-corrected chi connectivity index (χ0v) is 26.0. The first kappa shape index (κ1) is 29.1. The number of allylic oxidation sites excluding steroid dienone is 1. The molecule has 4 aromatic carbocycles. The highest BCUT2D eigenvalue weighted by molar-refractivity contribution is 7.07. The number of ether oxygens (including phenoxy) is 1. The molecule has 226 valence electrons. The Morgan fingerprint density at radius 3 is 2.33 bits per heavy atom. The Hall–Kier alpha value is -5.67. The van der Waals surface area contributed by atoms with E-state index in [2.05, 4.69) is 39.6 Å². The van der Waals surface area contributed by atoms with Crippen LogP contribution in [0.2, 0.25) is 0 Å². The van der Waals surface area contributed by atoms with Crippen molar-refractivity contribution < 1.29 is 9.53 Å². The molecule has 2 aromatic heterocycles. The van der Waals surface area contributed by atoms with E-state index in [-0.39, 0.29) is 12.2 Å². The van der Waals surface area contributed by atoms with Crippen LogP contribution in [-0.4, -0.2) is 32.1 Å². The van der Waals surface area contributed by atoms with E-state index in [0.29, 0.717) is 20.6 Å². The number of fused-ring (bicyclic) bond motifs is 1. The number of rotatable bonds is 7. The smallest absolute Gasteiger partial charge is 0.338 e. The Kier molecular flexibility index (Phi) is 7.82. The van der Waals surface area contributed by atoms with Crippen molar-refractivity contribution in [3.8, 4) is 28.1 Å². The highest BCUT2D eigenvalue weighted by Gasteiger charge is 2.33. The lowest BCUT2D eigenvalue weighted by Gasteiger charge is -2.24. The van der Waals surface area contributed by atoms with Gasteiger partial charge in [0.15, 0.2) is 4.80 Å². The van der Waals surface area contributed by atoms with Crippen molar-refractivity contribution in [2.45, 2.75) is 19.9 Å². The van der Waals surface area contributed by atoms with Crippen LogP contribution in [0, 0.1) is 0 Å². The van der Waals surface area contributed by atoms with Crippen LogP contribution in [0.5, 0.6) is 0 Å². The van der Waals surface area contributed by atoms with Crippen LogP contribution in [0.4, 0.5) is 0 Å². The van der Waals surface area contributed by atoms with E-state index in [9.17, 15) is 9.59 Å². The van der Waals surface area contributed by atoms with Crippen molar-refractivity contribution in [1.29, 1.82) is 0 Å². The summed E-state index contributed by atoms with van der Waals surface area (Å²) < 4.78 is 9.21. The van der Waals surface area contributed by atoms with Crippen LogP contribution >= 0.6 is 11.3 Å². The standard InChI is InChI=1S/C37H29N5O3S/c1-3-45-36(44)33-24(2)38-37-42(34(33)29-14-8-5-9-15-29)35(43)32(46-37)22-25-11-10-16-30(21-25)41-23-31(39-40-41)28-19-17-27(18-20-28)26-12-6-4-7-13-26/h4-23,34H,3H2,1-2H3/b32-22-. The maximum absolute atomic E-state index is 13.9. The molecule has 0 N–H and O–H groups in total. The van der Waals surface area contributed by atoms with Crippen LogP contribution < -0.4 is 14.9 Å². The molecule has 0 saturated heterocycles. The number of benzene rings is 4. The molecule has 0 aliphatic carbocycles. The molecule has 1 atom stereocenters. The summed E-state index contributed by atoms with van der Waals surface area (Å²) in [5.41, 5.74) is 7.15. The summed E-state index contributed by atoms with van der Waals surface area (Å²) in [5, 5.41) is 8.79. The molecule has 0 fully saturated rings. The van der Waals surface area contributed by atoms with Crippen LogP contribution in [0.3, 0.4) is 0 Å². The Labute approximate surface area is 268 Å². The summed E-state index contributed by atoms with van der Waals surface area (Å²) in [6.45, 7) is 3.77. The number of nitrogens with zero attached hydrogens (tertiary/aromatic N) is 5. The van der Waals surface area contributed by atoms with Gasteiger partial charge in [-0.3, -0.25) is 9.36 Å². The largest absolute Gasteiger partial charge is 0.463 e. The van der Waals surface area contributed by atoms with Gasteiger partial charge in [-0.2, -0.15) is 0 Å². The van der Waals surface area contributed by atoms with Crippen molar-refractivity contribution in [2.75, 3.05) is 6.61 Å². The third kappa shape index (κ3) is 5.52. The lowest BCUT2D eigenvalue weighted by molar-refractivity contribution is -0.139. The molecule has 6 aromatic rings. The molecule has 9 heteroatoms. The molecule has 0 bridgehead atoms. The molecule has 3 heterocycles. The van der Waals surface area contributed by atoms with Crippen molar-refractivity contribution in [3.63, 3.8) is 0 Å². The fourth-order valence-electron chi connectivity index (χ4n) is 5.64. The molecule has 1 aliphatic heterocycles. The Morgan fingerprint density at radius 2 is 1.59 bits per heavy atom. The minimum atomic E-state index is -0.639. The number of aromatic nitrogens is 4. The lowest BCUT2D eigenvalue weighted by atomic mass is 9.96.